The first-order valence-electron chi connectivity index (χ1n) is 7.67. The van der Waals surface area contributed by atoms with E-state index in [9.17, 15) is 9.59 Å². The third-order valence-electron chi connectivity index (χ3n) is 3.29. The van der Waals surface area contributed by atoms with Gasteiger partial charge in [0.2, 0.25) is 3.79 Å². The fraction of sp³-hybridized carbons (Fsp3) is 0.600. The van der Waals surface area contributed by atoms with Crippen molar-refractivity contribution in [1.29, 1.82) is 0 Å². The summed E-state index contributed by atoms with van der Waals surface area (Å²) in [6.45, 7) is 7.67. The highest BCUT2D eigenvalue weighted by molar-refractivity contribution is 7.95. The lowest BCUT2D eigenvalue weighted by molar-refractivity contribution is 0.129. The van der Waals surface area contributed by atoms with Crippen LogP contribution in [-0.2, 0) is 4.74 Å². The van der Waals surface area contributed by atoms with Gasteiger partial charge in [-0.25, -0.2) is 18.2 Å². The molecule has 0 saturated carbocycles. The summed E-state index contributed by atoms with van der Waals surface area (Å²) in [5.74, 6) is 0. The van der Waals surface area contributed by atoms with E-state index in [0.717, 1.165) is 28.1 Å². The Morgan fingerprint density at radius 3 is 2.23 bits per heavy atom. The van der Waals surface area contributed by atoms with Gasteiger partial charge in [-0.3, -0.25) is 0 Å². The number of thiophene rings is 1. The van der Waals surface area contributed by atoms with E-state index >= 15 is 0 Å². The van der Waals surface area contributed by atoms with Crippen LogP contribution < -0.4 is 4.74 Å². The molecule has 6 nitrogen and oxygen atoms in total. The number of alkyl halides is 3. The standard InChI is InChI=1S/C15H21Cl3N2O4S2/c1-6-7-20(14(22)23-8-15(16,17)18)26-19(5)13(21)24-12-10(3)9(2)11(4)25-12/h6-8H2,1-5H3. The Morgan fingerprint density at radius 1 is 1.15 bits per heavy atom. The van der Waals surface area contributed by atoms with Crippen molar-refractivity contribution < 1.29 is 19.1 Å². The lowest BCUT2D eigenvalue weighted by Gasteiger charge is -2.25. The second-order valence-corrected chi connectivity index (χ2v) is 10.3. The van der Waals surface area contributed by atoms with Gasteiger partial charge in [0.25, 0.3) is 0 Å². The van der Waals surface area contributed by atoms with E-state index in [4.69, 9.17) is 44.3 Å². The number of nitrogens with zero attached hydrogens (tertiary/aromatic N) is 2. The van der Waals surface area contributed by atoms with Gasteiger partial charge in [0.05, 0.1) is 12.1 Å². The summed E-state index contributed by atoms with van der Waals surface area (Å²) in [5, 5.41) is 0.540. The van der Waals surface area contributed by atoms with E-state index < -0.39 is 22.6 Å². The second-order valence-electron chi connectivity index (χ2n) is 5.41. The lowest BCUT2D eigenvalue weighted by atomic mass is 10.2. The largest absolute Gasteiger partial charge is 0.444 e. The molecule has 2 amide bonds. The Morgan fingerprint density at radius 2 is 1.77 bits per heavy atom. The molecule has 1 heterocycles. The lowest BCUT2D eigenvalue weighted by Crippen LogP contribution is -2.35. The summed E-state index contributed by atoms with van der Waals surface area (Å²) in [7, 11) is 1.50. The van der Waals surface area contributed by atoms with E-state index in [1.807, 2.05) is 27.7 Å². The smallest absolute Gasteiger partial charge is 0.427 e. The van der Waals surface area contributed by atoms with Crippen molar-refractivity contribution in [1.82, 2.24) is 8.61 Å². The number of carbonyl (C=O) groups is 2. The van der Waals surface area contributed by atoms with Gasteiger partial charge in [0.15, 0.2) is 5.06 Å². The van der Waals surface area contributed by atoms with Crippen LogP contribution in [0.4, 0.5) is 9.59 Å². The maximum absolute atomic E-state index is 12.3. The SMILES string of the molecule is CCCN(SN(C)C(=O)Oc1sc(C)c(C)c1C)C(=O)OCC(Cl)(Cl)Cl. The van der Waals surface area contributed by atoms with Gasteiger partial charge in [0.1, 0.15) is 6.61 Å². The molecule has 0 unspecified atom stereocenters. The number of ether oxygens (including phenoxy) is 2. The molecule has 26 heavy (non-hydrogen) atoms. The van der Waals surface area contributed by atoms with Crippen LogP contribution >= 0.6 is 58.3 Å². The summed E-state index contributed by atoms with van der Waals surface area (Å²) in [5.41, 5.74) is 2.02. The van der Waals surface area contributed by atoms with Crippen LogP contribution in [0.5, 0.6) is 5.06 Å². The first kappa shape index (κ1) is 23.5. The minimum Gasteiger partial charge on any atom is -0.444 e. The summed E-state index contributed by atoms with van der Waals surface area (Å²) in [6.07, 6.45) is -0.655. The Hall–Kier alpha value is -0.540. The third-order valence-corrected chi connectivity index (χ3v) is 5.73. The van der Waals surface area contributed by atoms with Crippen LogP contribution in [-0.4, -0.2) is 44.8 Å². The van der Waals surface area contributed by atoms with Crippen molar-refractivity contribution in [2.24, 2.45) is 0 Å². The van der Waals surface area contributed by atoms with Crippen LogP contribution in [0.1, 0.15) is 29.3 Å². The monoisotopic (exact) mass is 462 g/mol. The topological polar surface area (TPSA) is 59.1 Å². The number of amides is 2. The highest BCUT2D eigenvalue weighted by Crippen LogP contribution is 2.34. The molecule has 0 saturated heterocycles. The van der Waals surface area contributed by atoms with E-state index in [0.29, 0.717) is 18.0 Å². The molecule has 0 aromatic carbocycles. The van der Waals surface area contributed by atoms with Gasteiger partial charge in [-0.2, -0.15) is 0 Å². The normalized spacial score (nSPS) is 11.2. The average molecular weight is 464 g/mol. The van der Waals surface area contributed by atoms with Crippen molar-refractivity contribution in [3.05, 3.63) is 16.0 Å². The summed E-state index contributed by atoms with van der Waals surface area (Å²) < 4.78 is 11.1. The number of halogens is 3. The molecular formula is C15H21Cl3N2O4S2. The van der Waals surface area contributed by atoms with Crippen LogP contribution in [0.25, 0.3) is 0 Å². The zero-order valence-corrected chi connectivity index (χ0v) is 19.0. The molecular weight excluding hydrogens is 443 g/mol. The van der Waals surface area contributed by atoms with Gasteiger partial charge in [0, 0.05) is 24.0 Å². The maximum Gasteiger partial charge on any atom is 0.427 e. The van der Waals surface area contributed by atoms with Crippen molar-refractivity contribution in [3.63, 3.8) is 0 Å². The first-order valence-corrected chi connectivity index (χ1v) is 10.4. The van der Waals surface area contributed by atoms with E-state index in [2.05, 4.69) is 0 Å². The molecule has 0 aliphatic carbocycles. The minimum atomic E-state index is -1.70. The quantitative estimate of drug-likeness (QED) is 0.389. The molecule has 1 rings (SSSR count). The third kappa shape index (κ3) is 7.23. The van der Waals surface area contributed by atoms with Gasteiger partial charge in [-0.1, -0.05) is 41.7 Å². The first-order chi connectivity index (χ1) is 12.0. The molecule has 1 aromatic heterocycles. The Labute approximate surface area is 176 Å². The van der Waals surface area contributed by atoms with Crippen molar-refractivity contribution in [2.45, 2.75) is 37.9 Å². The predicted octanol–water partition coefficient (Wildman–Crippen LogP) is 5.89. The zero-order valence-electron chi connectivity index (χ0n) is 15.1. The van der Waals surface area contributed by atoms with Crippen molar-refractivity contribution in [3.8, 4) is 5.06 Å². The van der Waals surface area contributed by atoms with Crippen LogP contribution in [0.3, 0.4) is 0 Å². The number of carbonyl (C=O) groups excluding carboxylic acids is 2. The molecule has 0 spiro atoms. The fourth-order valence-electron chi connectivity index (χ4n) is 1.72. The average Bonchev–Trinajstić information content (AvgIpc) is 2.78. The van der Waals surface area contributed by atoms with E-state index in [1.165, 1.54) is 27.0 Å². The minimum absolute atomic E-state index is 0.344. The molecule has 0 fully saturated rings. The van der Waals surface area contributed by atoms with Crippen LogP contribution in [0, 0.1) is 20.8 Å². The molecule has 11 heteroatoms. The molecule has 0 bridgehead atoms. The number of rotatable bonds is 6. The number of hydrogen-bond donors (Lipinski definition) is 0. The highest BCUT2D eigenvalue weighted by Gasteiger charge is 2.27. The van der Waals surface area contributed by atoms with Crippen molar-refractivity contribution >= 4 is 70.5 Å². The number of aryl methyl sites for hydroxylation is 1. The second kappa shape index (κ2) is 10.1. The fourth-order valence-corrected chi connectivity index (χ4v) is 3.67. The molecule has 0 aliphatic rings. The maximum atomic E-state index is 12.3. The Kier molecular flexibility index (Phi) is 9.15. The molecule has 0 N–H and O–H groups in total. The Balaban J connectivity index is 2.70. The van der Waals surface area contributed by atoms with E-state index in [-0.39, 0.29) is 0 Å². The molecule has 1 aromatic rings. The van der Waals surface area contributed by atoms with Crippen molar-refractivity contribution in [2.75, 3.05) is 20.2 Å². The summed E-state index contributed by atoms with van der Waals surface area (Å²) in [4.78, 5) is 25.5. The van der Waals surface area contributed by atoms with E-state index in [1.54, 1.807) is 0 Å². The van der Waals surface area contributed by atoms with Gasteiger partial charge in [-0.15, -0.1) is 11.3 Å². The van der Waals surface area contributed by atoms with Crippen LogP contribution in [0.15, 0.2) is 0 Å². The predicted molar refractivity (Wildman–Crippen MR) is 109 cm³/mol. The molecule has 0 aliphatic heterocycles. The highest BCUT2D eigenvalue weighted by atomic mass is 35.6. The molecule has 0 atom stereocenters. The number of hydrogen-bond acceptors (Lipinski definition) is 6. The van der Waals surface area contributed by atoms with Crippen LogP contribution in [0.2, 0.25) is 0 Å². The Bertz CT molecular complexity index is 650. The van der Waals surface area contributed by atoms with Gasteiger partial charge >= 0.3 is 12.2 Å². The molecule has 148 valence electrons. The van der Waals surface area contributed by atoms with Gasteiger partial charge in [-0.05, 0) is 32.8 Å². The molecule has 0 radical (unpaired) electrons. The summed E-state index contributed by atoms with van der Waals surface area (Å²) in [6, 6.07) is 0. The zero-order chi connectivity index (χ0) is 20.1. The van der Waals surface area contributed by atoms with Gasteiger partial charge < -0.3 is 9.47 Å². The summed E-state index contributed by atoms with van der Waals surface area (Å²) >= 11 is 19.0.